The van der Waals surface area contributed by atoms with E-state index in [2.05, 4.69) is 38.9 Å². The molecule has 1 N–H and O–H groups in total. The molecule has 142 valence electrons. The molecule has 0 saturated heterocycles. The second kappa shape index (κ2) is 7.84. The SMILES string of the molecule is CC(C)N(C(=O)CSc1nnc2c(n1)[nH]c1ccccc12)C1CCCCC1. The molecule has 0 unspecified atom stereocenters. The third-order valence-electron chi connectivity index (χ3n) is 5.24. The molecule has 27 heavy (non-hydrogen) atoms. The summed E-state index contributed by atoms with van der Waals surface area (Å²) in [6.07, 6.45) is 5.97. The van der Waals surface area contributed by atoms with Crippen LogP contribution in [0.15, 0.2) is 29.4 Å². The fraction of sp³-hybridized carbons (Fsp3) is 0.500. The minimum atomic E-state index is 0.169. The van der Waals surface area contributed by atoms with E-state index in [1.807, 2.05) is 24.3 Å². The minimum absolute atomic E-state index is 0.169. The lowest BCUT2D eigenvalue weighted by atomic mass is 9.93. The lowest BCUT2D eigenvalue weighted by Crippen LogP contribution is -2.46. The quantitative estimate of drug-likeness (QED) is 0.669. The average Bonchev–Trinajstić information content (AvgIpc) is 3.05. The molecular formula is C20H25N5OS. The summed E-state index contributed by atoms with van der Waals surface area (Å²) in [5, 5.41) is 10.1. The van der Waals surface area contributed by atoms with Crippen molar-refractivity contribution in [1.29, 1.82) is 0 Å². The molecule has 2 heterocycles. The molecule has 1 saturated carbocycles. The Morgan fingerprint density at radius 1 is 1.22 bits per heavy atom. The summed E-state index contributed by atoms with van der Waals surface area (Å²) in [7, 11) is 0. The number of para-hydroxylation sites is 1. The highest BCUT2D eigenvalue weighted by Crippen LogP contribution is 2.26. The summed E-state index contributed by atoms with van der Waals surface area (Å²) < 4.78 is 0. The number of fused-ring (bicyclic) bond motifs is 3. The van der Waals surface area contributed by atoms with Crippen LogP contribution in [0.3, 0.4) is 0 Å². The second-order valence-electron chi connectivity index (χ2n) is 7.44. The second-order valence-corrected chi connectivity index (χ2v) is 8.38. The van der Waals surface area contributed by atoms with Crippen LogP contribution in [0.2, 0.25) is 0 Å². The van der Waals surface area contributed by atoms with Gasteiger partial charge in [-0.3, -0.25) is 4.79 Å². The van der Waals surface area contributed by atoms with E-state index in [0.717, 1.165) is 29.3 Å². The Kier molecular flexibility index (Phi) is 5.29. The summed E-state index contributed by atoms with van der Waals surface area (Å²) in [5.41, 5.74) is 2.48. The predicted molar refractivity (Wildman–Crippen MR) is 109 cm³/mol. The Bertz CT molecular complexity index is 948. The van der Waals surface area contributed by atoms with Crippen molar-refractivity contribution in [3.63, 3.8) is 0 Å². The van der Waals surface area contributed by atoms with E-state index in [0.29, 0.717) is 22.6 Å². The van der Waals surface area contributed by atoms with Gasteiger partial charge in [0.2, 0.25) is 11.1 Å². The first kappa shape index (κ1) is 18.2. The monoisotopic (exact) mass is 383 g/mol. The van der Waals surface area contributed by atoms with E-state index in [1.165, 1.54) is 31.0 Å². The van der Waals surface area contributed by atoms with Crippen LogP contribution < -0.4 is 0 Å². The number of carbonyl (C=O) groups is 1. The number of carbonyl (C=O) groups excluding carboxylic acids is 1. The van der Waals surface area contributed by atoms with Crippen molar-refractivity contribution in [1.82, 2.24) is 25.1 Å². The van der Waals surface area contributed by atoms with Crippen LogP contribution >= 0.6 is 11.8 Å². The van der Waals surface area contributed by atoms with Gasteiger partial charge in [-0.25, -0.2) is 4.98 Å². The molecular weight excluding hydrogens is 358 g/mol. The Morgan fingerprint density at radius 2 is 2.00 bits per heavy atom. The zero-order chi connectivity index (χ0) is 18.8. The van der Waals surface area contributed by atoms with Crippen molar-refractivity contribution in [2.75, 3.05) is 5.75 Å². The van der Waals surface area contributed by atoms with Gasteiger partial charge in [-0.2, -0.15) is 0 Å². The Balaban J connectivity index is 1.48. The van der Waals surface area contributed by atoms with E-state index >= 15 is 0 Å². The zero-order valence-corrected chi connectivity index (χ0v) is 16.6. The van der Waals surface area contributed by atoms with Crippen molar-refractivity contribution in [2.24, 2.45) is 0 Å². The van der Waals surface area contributed by atoms with Gasteiger partial charge in [-0.05, 0) is 32.8 Å². The Morgan fingerprint density at radius 3 is 2.78 bits per heavy atom. The van der Waals surface area contributed by atoms with Gasteiger partial charge < -0.3 is 9.88 Å². The van der Waals surface area contributed by atoms with Crippen LogP contribution in [0.5, 0.6) is 0 Å². The van der Waals surface area contributed by atoms with Gasteiger partial charge in [0, 0.05) is 23.0 Å². The molecule has 4 rings (SSSR count). The van der Waals surface area contributed by atoms with Gasteiger partial charge in [-0.15, -0.1) is 10.2 Å². The number of aromatic nitrogens is 4. The number of rotatable bonds is 5. The van der Waals surface area contributed by atoms with Crippen LogP contribution in [0.4, 0.5) is 0 Å². The number of aromatic amines is 1. The molecule has 1 amide bonds. The summed E-state index contributed by atoms with van der Waals surface area (Å²) in [4.78, 5) is 22.8. The molecule has 6 nitrogen and oxygen atoms in total. The third-order valence-corrected chi connectivity index (χ3v) is 6.06. The first-order chi connectivity index (χ1) is 13.1. The van der Waals surface area contributed by atoms with Crippen molar-refractivity contribution in [3.05, 3.63) is 24.3 Å². The summed E-state index contributed by atoms with van der Waals surface area (Å²) in [6, 6.07) is 8.56. The smallest absolute Gasteiger partial charge is 0.233 e. The van der Waals surface area contributed by atoms with Crippen LogP contribution in [-0.4, -0.2) is 48.8 Å². The molecule has 7 heteroatoms. The normalized spacial score (nSPS) is 15.7. The lowest BCUT2D eigenvalue weighted by molar-refractivity contribution is -0.133. The van der Waals surface area contributed by atoms with Crippen molar-refractivity contribution >= 4 is 39.7 Å². The molecule has 0 bridgehead atoms. The van der Waals surface area contributed by atoms with E-state index in [-0.39, 0.29) is 11.9 Å². The maximum atomic E-state index is 12.9. The van der Waals surface area contributed by atoms with E-state index in [1.54, 1.807) is 0 Å². The summed E-state index contributed by atoms with van der Waals surface area (Å²) >= 11 is 1.37. The molecule has 1 aliphatic carbocycles. The van der Waals surface area contributed by atoms with Crippen LogP contribution in [0, 0.1) is 0 Å². The Hall–Kier alpha value is -2.15. The highest BCUT2D eigenvalue weighted by Gasteiger charge is 2.27. The van der Waals surface area contributed by atoms with Gasteiger partial charge in [0.1, 0.15) is 5.52 Å². The van der Waals surface area contributed by atoms with Crippen LogP contribution in [0.25, 0.3) is 22.1 Å². The fourth-order valence-corrected chi connectivity index (χ4v) is 4.70. The predicted octanol–water partition coefficient (Wildman–Crippen LogP) is 4.17. The Labute approximate surface area is 163 Å². The minimum Gasteiger partial charge on any atom is -0.338 e. The van der Waals surface area contributed by atoms with Crippen molar-refractivity contribution in [2.45, 2.75) is 63.2 Å². The number of hydrogen-bond acceptors (Lipinski definition) is 5. The fourth-order valence-electron chi connectivity index (χ4n) is 4.04. The maximum Gasteiger partial charge on any atom is 0.233 e. The largest absolute Gasteiger partial charge is 0.338 e. The number of H-pyrrole nitrogens is 1. The topological polar surface area (TPSA) is 74.8 Å². The molecule has 1 aliphatic rings. The zero-order valence-electron chi connectivity index (χ0n) is 15.8. The van der Waals surface area contributed by atoms with E-state index in [9.17, 15) is 4.79 Å². The summed E-state index contributed by atoms with van der Waals surface area (Å²) in [6.45, 7) is 4.21. The first-order valence-electron chi connectivity index (χ1n) is 9.68. The molecule has 2 aromatic heterocycles. The third kappa shape index (κ3) is 3.78. The number of nitrogens with zero attached hydrogens (tertiary/aromatic N) is 4. The maximum absolute atomic E-state index is 12.9. The van der Waals surface area contributed by atoms with Crippen molar-refractivity contribution < 1.29 is 4.79 Å². The molecule has 0 atom stereocenters. The van der Waals surface area contributed by atoms with Crippen LogP contribution in [0.1, 0.15) is 46.0 Å². The average molecular weight is 384 g/mol. The molecule has 1 aromatic carbocycles. The number of amides is 1. The lowest BCUT2D eigenvalue weighted by Gasteiger charge is -2.37. The highest BCUT2D eigenvalue weighted by atomic mass is 32.2. The molecule has 0 spiro atoms. The number of hydrogen-bond donors (Lipinski definition) is 1. The molecule has 0 aliphatic heterocycles. The molecule has 3 aromatic rings. The van der Waals surface area contributed by atoms with E-state index in [4.69, 9.17) is 0 Å². The molecule has 1 fully saturated rings. The highest BCUT2D eigenvalue weighted by molar-refractivity contribution is 7.99. The van der Waals surface area contributed by atoms with Crippen LogP contribution in [-0.2, 0) is 4.79 Å². The van der Waals surface area contributed by atoms with E-state index < -0.39 is 0 Å². The molecule has 0 radical (unpaired) electrons. The van der Waals surface area contributed by atoms with Gasteiger partial charge in [0.05, 0.1) is 5.75 Å². The van der Waals surface area contributed by atoms with Gasteiger partial charge in [0.25, 0.3) is 0 Å². The van der Waals surface area contributed by atoms with Crippen molar-refractivity contribution in [3.8, 4) is 0 Å². The van der Waals surface area contributed by atoms with Gasteiger partial charge in [0.15, 0.2) is 5.65 Å². The first-order valence-corrected chi connectivity index (χ1v) is 10.7. The number of benzene rings is 1. The number of thioether (sulfide) groups is 1. The van der Waals surface area contributed by atoms with Gasteiger partial charge in [-0.1, -0.05) is 49.2 Å². The number of nitrogens with one attached hydrogen (secondary N) is 1. The standard InChI is InChI=1S/C20H25N5OS/c1-13(2)25(14-8-4-3-5-9-14)17(26)12-27-20-22-19-18(23-24-20)15-10-6-7-11-16(15)21-19/h6-7,10-11,13-14H,3-5,8-9,12H2,1-2H3,(H,21,22,24). The van der Waals surface area contributed by atoms with Gasteiger partial charge >= 0.3 is 0 Å². The summed E-state index contributed by atoms with van der Waals surface area (Å²) in [5.74, 6) is 0.518.